The lowest BCUT2D eigenvalue weighted by atomic mass is 9.51. The van der Waals surface area contributed by atoms with Crippen LogP contribution in [-0.2, 0) is 14.2 Å². The second kappa shape index (κ2) is 5.99. The molecule has 0 aromatic rings. The van der Waals surface area contributed by atoms with Crippen LogP contribution in [0.25, 0.3) is 0 Å². The van der Waals surface area contributed by atoms with Crippen molar-refractivity contribution < 1.29 is 19.3 Å². The summed E-state index contributed by atoms with van der Waals surface area (Å²) in [5.41, 5.74) is 0.623. The number of hydrogen-bond acceptors (Lipinski definition) is 4. The van der Waals surface area contributed by atoms with Gasteiger partial charge in [-0.1, -0.05) is 32.1 Å². The molecule has 0 amide bonds. The Bertz CT molecular complexity index is 513. The molecule has 4 heteroatoms. The van der Waals surface area contributed by atoms with E-state index in [9.17, 15) is 5.11 Å². The maximum atomic E-state index is 11.8. The van der Waals surface area contributed by atoms with Gasteiger partial charge in [0.1, 0.15) is 5.60 Å². The van der Waals surface area contributed by atoms with Gasteiger partial charge in [-0.15, -0.1) is 0 Å². The standard InChI is InChI=1S/C19H30O4/c1-6-21-16-15-9-8-14-13(4)12(3)10-11-18(14,5)19(15,20)17(23-16)22-7-2/h9,12,14,16-17,20H,4,6-8,10-11H2,1-3,5H3/t12-,14-,16+,17-,18-,19-/m0/s1. The summed E-state index contributed by atoms with van der Waals surface area (Å²) >= 11 is 0. The van der Waals surface area contributed by atoms with E-state index in [0.717, 1.165) is 24.8 Å². The van der Waals surface area contributed by atoms with Crippen molar-refractivity contribution in [2.45, 2.75) is 65.1 Å². The van der Waals surface area contributed by atoms with Crippen LogP contribution in [-0.4, -0.2) is 36.5 Å². The van der Waals surface area contributed by atoms with E-state index in [1.807, 2.05) is 13.8 Å². The molecule has 1 N–H and O–H groups in total. The molecule has 130 valence electrons. The normalized spacial score (nSPS) is 46.3. The molecule has 3 rings (SSSR count). The Kier molecular flexibility index (Phi) is 4.47. The second-order valence-electron chi connectivity index (χ2n) is 7.36. The van der Waals surface area contributed by atoms with Crippen molar-refractivity contribution >= 4 is 0 Å². The van der Waals surface area contributed by atoms with Crippen molar-refractivity contribution in [3.63, 3.8) is 0 Å². The molecule has 1 heterocycles. The molecule has 0 aromatic carbocycles. The zero-order valence-corrected chi connectivity index (χ0v) is 14.8. The molecule has 0 unspecified atom stereocenters. The Labute approximate surface area is 139 Å². The van der Waals surface area contributed by atoms with Gasteiger partial charge in [0, 0.05) is 24.2 Å². The molecule has 0 aromatic heterocycles. The highest BCUT2D eigenvalue weighted by Gasteiger charge is 2.67. The lowest BCUT2D eigenvalue weighted by Crippen LogP contribution is -2.61. The zero-order valence-electron chi connectivity index (χ0n) is 14.8. The zero-order chi connectivity index (χ0) is 16.8. The van der Waals surface area contributed by atoms with Crippen molar-refractivity contribution in [1.82, 2.24) is 0 Å². The van der Waals surface area contributed by atoms with Crippen LogP contribution in [0.3, 0.4) is 0 Å². The summed E-state index contributed by atoms with van der Waals surface area (Å²) in [6, 6.07) is 0. The Morgan fingerprint density at radius 3 is 2.70 bits per heavy atom. The molecule has 2 aliphatic carbocycles. The van der Waals surface area contributed by atoms with Gasteiger partial charge >= 0.3 is 0 Å². The number of ether oxygens (including phenoxy) is 3. The summed E-state index contributed by atoms with van der Waals surface area (Å²) < 4.78 is 17.5. The predicted molar refractivity (Wildman–Crippen MR) is 88.7 cm³/mol. The first-order chi connectivity index (χ1) is 10.9. The SMILES string of the molecule is C=C1[C@@H](C)CC[C@@]2(C)[C@H]1CC=C1[C@H](OCC)O[C@H](OCC)[C@@]12O. The Balaban J connectivity index is 2.05. The van der Waals surface area contributed by atoms with Gasteiger partial charge in [0.05, 0.1) is 0 Å². The van der Waals surface area contributed by atoms with Gasteiger partial charge in [0.25, 0.3) is 0 Å². The van der Waals surface area contributed by atoms with Crippen LogP contribution in [0.15, 0.2) is 23.8 Å². The van der Waals surface area contributed by atoms with Gasteiger partial charge in [-0.2, -0.15) is 0 Å². The van der Waals surface area contributed by atoms with Crippen LogP contribution < -0.4 is 0 Å². The molecular weight excluding hydrogens is 292 g/mol. The third kappa shape index (κ3) is 2.26. The molecule has 1 saturated heterocycles. The highest BCUT2D eigenvalue weighted by Crippen LogP contribution is 2.62. The third-order valence-corrected chi connectivity index (χ3v) is 6.31. The number of rotatable bonds is 4. The van der Waals surface area contributed by atoms with Crippen molar-refractivity contribution in [3.8, 4) is 0 Å². The molecule has 0 bridgehead atoms. The molecule has 6 atom stereocenters. The van der Waals surface area contributed by atoms with Gasteiger partial charge in [0.15, 0.2) is 12.6 Å². The fraction of sp³-hybridized carbons (Fsp3) is 0.789. The lowest BCUT2D eigenvalue weighted by molar-refractivity contribution is -0.259. The Hall–Kier alpha value is -0.680. The lowest BCUT2D eigenvalue weighted by Gasteiger charge is -2.56. The minimum absolute atomic E-state index is 0.256. The molecule has 1 aliphatic heterocycles. The average molecular weight is 322 g/mol. The maximum Gasteiger partial charge on any atom is 0.194 e. The van der Waals surface area contributed by atoms with Crippen molar-refractivity contribution in [2.75, 3.05) is 13.2 Å². The first-order valence-corrected chi connectivity index (χ1v) is 8.90. The molecule has 4 nitrogen and oxygen atoms in total. The smallest absolute Gasteiger partial charge is 0.194 e. The highest BCUT2D eigenvalue weighted by molar-refractivity contribution is 5.37. The summed E-state index contributed by atoms with van der Waals surface area (Å²) in [7, 11) is 0. The molecular formula is C19H30O4. The minimum atomic E-state index is -1.14. The van der Waals surface area contributed by atoms with Crippen LogP contribution >= 0.6 is 0 Å². The second-order valence-corrected chi connectivity index (χ2v) is 7.36. The first kappa shape index (κ1) is 17.2. The van der Waals surface area contributed by atoms with Crippen molar-refractivity contribution in [3.05, 3.63) is 23.8 Å². The van der Waals surface area contributed by atoms with Gasteiger partial charge in [-0.25, -0.2) is 0 Å². The quantitative estimate of drug-likeness (QED) is 0.806. The van der Waals surface area contributed by atoms with E-state index >= 15 is 0 Å². The molecule has 23 heavy (non-hydrogen) atoms. The van der Waals surface area contributed by atoms with Crippen LogP contribution in [0.5, 0.6) is 0 Å². The molecule has 1 saturated carbocycles. The largest absolute Gasteiger partial charge is 0.379 e. The van der Waals surface area contributed by atoms with E-state index in [0.29, 0.717) is 19.1 Å². The summed E-state index contributed by atoms with van der Waals surface area (Å²) in [4.78, 5) is 0. The summed E-state index contributed by atoms with van der Waals surface area (Å²) in [5.74, 6) is 0.758. The van der Waals surface area contributed by atoms with E-state index in [1.54, 1.807) is 0 Å². The van der Waals surface area contributed by atoms with E-state index in [1.165, 1.54) is 5.57 Å². The topological polar surface area (TPSA) is 47.9 Å². The molecule has 0 spiro atoms. The number of hydrogen-bond donors (Lipinski definition) is 1. The van der Waals surface area contributed by atoms with Crippen LogP contribution in [0, 0.1) is 17.3 Å². The van der Waals surface area contributed by atoms with Crippen LogP contribution in [0.1, 0.15) is 47.0 Å². The predicted octanol–water partition coefficient (Wildman–Crippen LogP) is 3.41. The van der Waals surface area contributed by atoms with Gasteiger partial charge in [0.2, 0.25) is 0 Å². The van der Waals surface area contributed by atoms with Crippen LogP contribution in [0.4, 0.5) is 0 Å². The fourth-order valence-electron chi connectivity index (χ4n) is 4.78. The van der Waals surface area contributed by atoms with Crippen LogP contribution in [0.2, 0.25) is 0 Å². The molecule has 2 fully saturated rings. The number of allylic oxidation sites excluding steroid dienone is 2. The molecule has 3 aliphatic rings. The minimum Gasteiger partial charge on any atom is -0.379 e. The van der Waals surface area contributed by atoms with E-state index in [4.69, 9.17) is 14.2 Å². The van der Waals surface area contributed by atoms with Gasteiger partial charge in [-0.3, -0.25) is 0 Å². The van der Waals surface area contributed by atoms with Gasteiger partial charge in [-0.05, 0) is 44.9 Å². The van der Waals surface area contributed by atoms with E-state index in [-0.39, 0.29) is 11.3 Å². The summed E-state index contributed by atoms with van der Waals surface area (Å²) in [5, 5.41) is 11.8. The average Bonchev–Trinajstić information content (AvgIpc) is 2.79. The fourth-order valence-corrected chi connectivity index (χ4v) is 4.78. The van der Waals surface area contributed by atoms with E-state index in [2.05, 4.69) is 26.5 Å². The highest BCUT2D eigenvalue weighted by atomic mass is 16.8. The first-order valence-electron chi connectivity index (χ1n) is 8.90. The van der Waals surface area contributed by atoms with E-state index < -0.39 is 18.2 Å². The van der Waals surface area contributed by atoms with Crippen molar-refractivity contribution in [2.24, 2.45) is 17.3 Å². The molecule has 0 radical (unpaired) electrons. The number of aliphatic hydroxyl groups is 1. The monoisotopic (exact) mass is 322 g/mol. The summed E-state index contributed by atoms with van der Waals surface area (Å²) in [6.07, 6.45) is 3.80. The third-order valence-electron chi connectivity index (χ3n) is 6.31. The Morgan fingerprint density at radius 1 is 1.35 bits per heavy atom. The van der Waals surface area contributed by atoms with Gasteiger partial charge < -0.3 is 19.3 Å². The van der Waals surface area contributed by atoms with Crippen molar-refractivity contribution in [1.29, 1.82) is 0 Å². The Morgan fingerprint density at radius 2 is 2.04 bits per heavy atom. The summed E-state index contributed by atoms with van der Waals surface area (Å²) in [6.45, 7) is 13.7. The maximum absolute atomic E-state index is 11.8. The number of fused-ring (bicyclic) bond motifs is 3.